The number of amides is 1. The minimum Gasteiger partial charge on any atom is -0.382 e. The standard InChI is InChI=1S/C19H19ClN4OS/c20-12-1-6-15-16(7-8-21-17(15)9-12)23-13-2-4-14(5-3-13)24-19(25)18-10-26-11-22-18/h1,6-11,13-14H,2-5H2,(H,21,23)(H,24,25). The summed E-state index contributed by atoms with van der Waals surface area (Å²) in [6, 6.07) is 8.40. The molecule has 5 nitrogen and oxygen atoms in total. The maximum atomic E-state index is 12.1. The second kappa shape index (κ2) is 7.60. The van der Waals surface area contributed by atoms with Crippen molar-refractivity contribution in [2.45, 2.75) is 37.8 Å². The highest BCUT2D eigenvalue weighted by Crippen LogP contribution is 2.28. The summed E-state index contributed by atoms with van der Waals surface area (Å²) in [6.45, 7) is 0. The number of carbonyl (C=O) groups excluding carboxylic acids is 1. The van der Waals surface area contributed by atoms with E-state index in [4.69, 9.17) is 11.6 Å². The third-order valence-electron chi connectivity index (χ3n) is 4.79. The first kappa shape index (κ1) is 17.2. The van der Waals surface area contributed by atoms with Crippen LogP contribution in [0.1, 0.15) is 36.2 Å². The van der Waals surface area contributed by atoms with Gasteiger partial charge in [-0.1, -0.05) is 11.6 Å². The molecule has 1 fully saturated rings. The van der Waals surface area contributed by atoms with Gasteiger partial charge in [-0.2, -0.15) is 0 Å². The van der Waals surface area contributed by atoms with Crippen molar-refractivity contribution in [3.8, 4) is 0 Å². The molecule has 0 spiro atoms. The molecule has 7 heteroatoms. The number of halogens is 1. The number of anilines is 1. The Morgan fingerprint density at radius 2 is 1.92 bits per heavy atom. The van der Waals surface area contributed by atoms with E-state index in [1.54, 1.807) is 17.1 Å². The molecule has 0 aliphatic heterocycles. The molecular formula is C19H19ClN4OS. The zero-order chi connectivity index (χ0) is 17.9. The maximum Gasteiger partial charge on any atom is 0.270 e. The van der Waals surface area contributed by atoms with Gasteiger partial charge in [0.25, 0.3) is 5.91 Å². The number of rotatable bonds is 4. The van der Waals surface area contributed by atoms with Crippen molar-refractivity contribution in [3.05, 3.63) is 52.1 Å². The van der Waals surface area contributed by atoms with Crippen molar-refractivity contribution >= 4 is 45.4 Å². The molecule has 1 amide bonds. The first-order valence-electron chi connectivity index (χ1n) is 8.69. The van der Waals surface area contributed by atoms with E-state index in [2.05, 4.69) is 20.6 Å². The summed E-state index contributed by atoms with van der Waals surface area (Å²) in [5.74, 6) is -0.0698. The SMILES string of the molecule is O=C(NC1CCC(Nc2ccnc3cc(Cl)ccc23)CC1)c1cscn1. The zero-order valence-electron chi connectivity index (χ0n) is 14.1. The number of aromatic nitrogens is 2. The molecule has 2 N–H and O–H groups in total. The number of benzene rings is 1. The van der Waals surface area contributed by atoms with Crippen molar-refractivity contribution in [2.75, 3.05) is 5.32 Å². The number of hydrogen-bond donors (Lipinski definition) is 2. The molecule has 0 unspecified atom stereocenters. The summed E-state index contributed by atoms with van der Waals surface area (Å²) >= 11 is 7.50. The molecule has 2 heterocycles. The molecule has 3 aromatic rings. The van der Waals surface area contributed by atoms with Gasteiger partial charge in [0.05, 0.1) is 11.0 Å². The lowest BCUT2D eigenvalue weighted by molar-refractivity contribution is 0.0922. The Morgan fingerprint density at radius 3 is 2.69 bits per heavy atom. The number of fused-ring (bicyclic) bond motifs is 1. The van der Waals surface area contributed by atoms with Crippen LogP contribution in [0.3, 0.4) is 0 Å². The van der Waals surface area contributed by atoms with Gasteiger partial charge >= 0.3 is 0 Å². The first-order valence-corrected chi connectivity index (χ1v) is 10.0. The minimum atomic E-state index is -0.0698. The Balaban J connectivity index is 1.36. The second-order valence-electron chi connectivity index (χ2n) is 6.56. The Hall–Kier alpha value is -2.18. The Morgan fingerprint density at radius 1 is 1.12 bits per heavy atom. The highest BCUT2D eigenvalue weighted by Gasteiger charge is 2.23. The number of thiazole rings is 1. The van der Waals surface area contributed by atoms with Crippen molar-refractivity contribution in [2.24, 2.45) is 0 Å². The predicted octanol–water partition coefficient (Wildman–Crippen LogP) is 4.50. The molecule has 1 aromatic carbocycles. The molecule has 134 valence electrons. The molecule has 0 bridgehead atoms. The van der Waals surface area contributed by atoms with Gasteiger partial charge in [0.15, 0.2) is 0 Å². The lowest BCUT2D eigenvalue weighted by atomic mass is 9.90. The molecule has 1 aliphatic rings. The molecule has 0 atom stereocenters. The molecule has 4 rings (SSSR count). The third-order valence-corrected chi connectivity index (χ3v) is 5.61. The molecule has 1 aliphatic carbocycles. The fourth-order valence-corrected chi connectivity index (χ4v) is 4.13. The lowest BCUT2D eigenvalue weighted by Gasteiger charge is -2.30. The fourth-order valence-electron chi connectivity index (χ4n) is 3.43. The van der Waals surface area contributed by atoms with Gasteiger partial charge < -0.3 is 10.6 Å². The number of nitrogens with one attached hydrogen (secondary N) is 2. The van der Waals surface area contributed by atoms with Crippen LogP contribution < -0.4 is 10.6 Å². The summed E-state index contributed by atoms with van der Waals surface area (Å²) in [4.78, 5) is 20.6. The van der Waals surface area contributed by atoms with Crippen LogP contribution in [0, 0.1) is 0 Å². The van der Waals surface area contributed by atoms with Crippen molar-refractivity contribution in [1.29, 1.82) is 0 Å². The van der Waals surface area contributed by atoms with Gasteiger partial charge in [0, 0.05) is 39.8 Å². The fraction of sp³-hybridized carbons (Fsp3) is 0.316. The van der Waals surface area contributed by atoms with Crippen LogP contribution in [0.5, 0.6) is 0 Å². The first-order chi connectivity index (χ1) is 12.7. The van der Waals surface area contributed by atoms with E-state index < -0.39 is 0 Å². The minimum absolute atomic E-state index is 0.0698. The van der Waals surface area contributed by atoms with E-state index in [9.17, 15) is 4.79 Å². The van der Waals surface area contributed by atoms with Crippen LogP contribution in [0.4, 0.5) is 5.69 Å². The van der Waals surface area contributed by atoms with E-state index >= 15 is 0 Å². The summed E-state index contributed by atoms with van der Waals surface area (Å²) in [7, 11) is 0. The molecule has 1 saturated carbocycles. The van der Waals surface area contributed by atoms with Gasteiger partial charge in [-0.05, 0) is 49.9 Å². The smallest absolute Gasteiger partial charge is 0.270 e. The topological polar surface area (TPSA) is 66.9 Å². The summed E-state index contributed by atoms with van der Waals surface area (Å²) < 4.78 is 0. The van der Waals surface area contributed by atoms with Crippen LogP contribution in [0.2, 0.25) is 5.02 Å². The van der Waals surface area contributed by atoms with Crippen LogP contribution in [-0.2, 0) is 0 Å². The van der Waals surface area contributed by atoms with E-state index in [-0.39, 0.29) is 11.9 Å². The third kappa shape index (κ3) is 3.81. The number of nitrogens with zero attached hydrogens (tertiary/aromatic N) is 2. The van der Waals surface area contributed by atoms with Crippen LogP contribution in [0.25, 0.3) is 10.9 Å². The highest BCUT2D eigenvalue weighted by atomic mass is 35.5. The summed E-state index contributed by atoms with van der Waals surface area (Å²) in [6.07, 6.45) is 5.75. The van der Waals surface area contributed by atoms with Gasteiger partial charge in [0.2, 0.25) is 0 Å². The largest absolute Gasteiger partial charge is 0.382 e. The molecule has 0 radical (unpaired) electrons. The van der Waals surface area contributed by atoms with Crippen LogP contribution >= 0.6 is 22.9 Å². The number of hydrogen-bond acceptors (Lipinski definition) is 5. The van der Waals surface area contributed by atoms with Crippen LogP contribution in [0.15, 0.2) is 41.4 Å². The summed E-state index contributed by atoms with van der Waals surface area (Å²) in [5.41, 5.74) is 4.17. The normalized spacial score (nSPS) is 20.0. The number of carbonyl (C=O) groups is 1. The lowest BCUT2D eigenvalue weighted by Crippen LogP contribution is -2.40. The van der Waals surface area contributed by atoms with E-state index in [1.165, 1.54) is 11.3 Å². The van der Waals surface area contributed by atoms with Gasteiger partial charge in [-0.25, -0.2) is 4.98 Å². The second-order valence-corrected chi connectivity index (χ2v) is 7.72. The Labute approximate surface area is 160 Å². The number of pyridine rings is 1. The van der Waals surface area contributed by atoms with Crippen molar-refractivity contribution < 1.29 is 4.79 Å². The average molecular weight is 387 g/mol. The van der Waals surface area contributed by atoms with E-state index in [0.29, 0.717) is 16.8 Å². The predicted molar refractivity (Wildman–Crippen MR) is 106 cm³/mol. The molecule has 2 aromatic heterocycles. The van der Waals surface area contributed by atoms with E-state index in [1.807, 2.05) is 24.3 Å². The van der Waals surface area contributed by atoms with Gasteiger partial charge in [-0.15, -0.1) is 11.3 Å². The molecule has 26 heavy (non-hydrogen) atoms. The average Bonchev–Trinajstić information content (AvgIpc) is 3.18. The Bertz CT molecular complexity index is 907. The molecular weight excluding hydrogens is 368 g/mol. The monoisotopic (exact) mass is 386 g/mol. The van der Waals surface area contributed by atoms with Crippen molar-refractivity contribution in [1.82, 2.24) is 15.3 Å². The van der Waals surface area contributed by atoms with Crippen molar-refractivity contribution in [3.63, 3.8) is 0 Å². The summed E-state index contributed by atoms with van der Waals surface area (Å²) in [5, 5.41) is 10.3. The van der Waals surface area contributed by atoms with E-state index in [0.717, 1.165) is 42.3 Å². The molecule has 0 saturated heterocycles. The van der Waals surface area contributed by atoms with Gasteiger partial charge in [-0.3, -0.25) is 9.78 Å². The van der Waals surface area contributed by atoms with Crippen LogP contribution in [-0.4, -0.2) is 28.0 Å². The maximum absolute atomic E-state index is 12.1. The highest BCUT2D eigenvalue weighted by molar-refractivity contribution is 7.07. The Kier molecular flexibility index (Phi) is 5.04. The van der Waals surface area contributed by atoms with Gasteiger partial charge in [0.1, 0.15) is 5.69 Å². The quantitative estimate of drug-likeness (QED) is 0.692. The zero-order valence-corrected chi connectivity index (χ0v) is 15.7.